The maximum Gasteiger partial charge on any atom is 0.242 e. The van der Waals surface area contributed by atoms with Crippen LogP contribution in [0.25, 0.3) is 0 Å². The maximum atomic E-state index is 12.2. The summed E-state index contributed by atoms with van der Waals surface area (Å²) in [6, 6.07) is 3.02. The summed E-state index contributed by atoms with van der Waals surface area (Å²) in [6.07, 6.45) is 1.91. The molecular weight excluding hydrogens is 327 g/mol. The van der Waals surface area contributed by atoms with Crippen LogP contribution in [0.4, 0.5) is 0 Å². The Labute approximate surface area is 128 Å². The molecule has 8 heteroatoms. The minimum Gasteiger partial charge on any atom is -0.316 e. The molecule has 0 saturated carbocycles. The van der Waals surface area contributed by atoms with Crippen LogP contribution < -0.4 is 10.0 Å². The Kier molecular flexibility index (Phi) is 6.93. The van der Waals surface area contributed by atoms with Gasteiger partial charge >= 0.3 is 0 Å². The zero-order valence-corrected chi connectivity index (χ0v) is 13.8. The normalized spacial score (nSPS) is 11.8. The van der Waals surface area contributed by atoms with Gasteiger partial charge in [-0.2, -0.15) is 11.8 Å². The van der Waals surface area contributed by atoms with Gasteiger partial charge in [0.2, 0.25) is 10.0 Å². The van der Waals surface area contributed by atoms with E-state index in [4.69, 9.17) is 23.2 Å². The largest absolute Gasteiger partial charge is 0.316 e. The minimum absolute atomic E-state index is 0.0213. The van der Waals surface area contributed by atoms with E-state index >= 15 is 0 Å². The van der Waals surface area contributed by atoms with E-state index in [0.29, 0.717) is 29.4 Å². The van der Waals surface area contributed by atoms with Crippen LogP contribution in [0.1, 0.15) is 5.56 Å². The van der Waals surface area contributed by atoms with Crippen molar-refractivity contribution in [2.45, 2.75) is 11.4 Å². The topological polar surface area (TPSA) is 58.2 Å². The highest BCUT2D eigenvalue weighted by Crippen LogP contribution is 2.29. The molecule has 0 heterocycles. The van der Waals surface area contributed by atoms with Gasteiger partial charge in [-0.3, -0.25) is 0 Å². The first-order valence-electron chi connectivity index (χ1n) is 5.53. The highest BCUT2D eigenvalue weighted by atomic mass is 35.5. The summed E-state index contributed by atoms with van der Waals surface area (Å²) in [5.74, 6) is 0.695. The summed E-state index contributed by atoms with van der Waals surface area (Å²) >= 11 is 13.6. The average molecular weight is 343 g/mol. The highest BCUT2D eigenvalue weighted by Gasteiger charge is 2.20. The van der Waals surface area contributed by atoms with E-state index in [-0.39, 0.29) is 9.92 Å². The predicted molar refractivity (Wildman–Crippen MR) is 82.8 cm³/mol. The first-order valence-corrected chi connectivity index (χ1v) is 9.16. The van der Waals surface area contributed by atoms with Gasteiger partial charge < -0.3 is 5.32 Å². The third-order valence-corrected chi connectivity index (χ3v) is 5.21. The number of nitrogens with one attached hydrogen (secondary N) is 2. The van der Waals surface area contributed by atoms with Crippen LogP contribution in [0.3, 0.4) is 0 Å². The zero-order chi connectivity index (χ0) is 14.5. The Hall–Kier alpha value is 0.0200. The molecular formula is C11H16Cl2N2O2S2. The Morgan fingerprint density at radius 2 is 2.00 bits per heavy atom. The molecule has 2 N–H and O–H groups in total. The van der Waals surface area contributed by atoms with Crippen LogP contribution in [0.2, 0.25) is 10.0 Å². The number of halogens is 2. The molecule has 0 aliphatic rings. The quantitative estimate of drug-likeness (QED) is 0.747. The fraction of sp³-hybridized carbons (Fsp3) is 0.455. The summed E-state index contributed by atoms with van der Waals surface area (Å²) in [5.41, 5.74) is 0.655. The van der Waals surface area contributed by atoms with Gasteiger partial charge in [-0.1, -0.05) is 23.2 Å². The molecule has 0 atom stereocenters. The molecule has 1 aromatic carbocycles. The number of hydrogen-bond donors (Lipinski definition) is 2. The lowest BCUT2D eigenvalue weighted by molar-refractivity contribution is 0.584. The van der Waals surface area contributed by atoms with E-state index in [1.165, 1.54) is 6.07 Å². The van der Waals surface area contributed by atoms with E-state index in [1.807, 2.05) is 6.26 Å². The van der Waals surface area contributed by atoms with Crippen LogP contribution in [0, 0.1) is 0 Å². The van der Waals surface area contributed by atoms with E-state index in [2.05, 4.69) is 10.0 Å². The molecule has 0 fully saturated rings. The fourth-order valence-corrected chi connectivity index (χ4v) is 3.89. The second-order valence-corrected chi connectivity index (χ2v) is 7.33. The van der Waals surface area contributed by atoms with Crippen molar-refractivity contribution >= 4 is 45.0 Å². The standard InChI is InChI=1S/C11H16Cl2N2O2S2/c1-14-7-8-5-9(12)6-10(11(8)13)19(16,17)15-3-4-18-2/h5-6,14-15H,3-4,7H2,1-2H3. The van der Waals surface area contributed by atoms with Crippen LogP contribution in [-0.2, 0) is 16.6 Å². The first kappa shape index (κ1) is 17.1. The van der Waals surface area contributed by atoms with Crippen molar-refractivity contribution in [3.8, 4) is 0 Å². The van der Waals surface area contributed by atoms with E-state index in [9.17, 15) is 8.42 Å². The van der Waals surface area contributed by atoms with Crippen LogP contribution in [-0.4, -0.2) is 34.0 Å². The molecule has 0 aliphatic heterocycles. The molecule has 4 nitrogen and oxygen atoms in total. The van der Waals surface area contributed by atoms with Gasteiger partial charge in [-0.15, -0.1) is 0 Å². The molecule has 0 amide bonds. The van der Waals surface area contributed by atoms with Crippen molar-refractivity contribution in [2.24, 2.45) is 0 Å². The smallest absolute Gasteiger partial charge is 0.242 e. The molecule has 0 aliphatic carbocycles. The Balaban J connectivity index is 3.11. The van der Waals surface area contributed by atoms with Gasteiger partial charge in [0.15, 0.2) is 0 Å². The van der Waals surface area contributed by atoms with Crippen molar-refractivity contribution in [3.05, 3.63) is 27.7 Å². The third kappa shape index (κ3) is 4.81. The van der Waals surface area contributed by atoms with Gasteiger partial charge in [-0.25, -0.2) is 13.1 Å². The lowest BCUT2D eigenvalue weighted by Gasteiger charge is -2.12. The summed E-state index contributed by atoms with van der Waals surface area (Å²) in [4.78, 5) is 0.0213. The fourth-order valence-electron chi connectivity index (χ4n) is 1.49. The van der Waals surface area contributed by atoms with Gasteiger partial charge in [0.05, 0.1) is 5.02 Å². The molecule has 108 valence electrons. The monoisotopic (exact) mass is 342 g/mol. The van der Waals surface area contributed by atoms with E-state index in [0.717, 1.165) is 0 Å². The van der Waals surface area contributed by atoms with Crippen LogP contribution in [0.5, 0.6) is 0 Å². The van der Waals surface area contributed by atoms with Gasteiger partial charge in [0.25, 0.3) is 0 Å². The number of benzene rings is 1. The average Bonchev–Trinajstić information content (AvgIpc) is 2.33. The van der Waals surface area contributed by atoms with Crippen molar-refractivity contribution in [1.29, 1.82) is 0 Å². The third-order valence-electron chi connectivity index (χ3n) is 2.33. The van der Waals surface area contributed by atoms with E-state index < -0.39 is 10.0 Å². The second-order valence-electron chi connectivity index (χ2n) is 3.80. The minimum atomic E-state index is -3.63. The van der Waals surface area contributed by atoms with Crippen molar-refractivity contribution in [3.63, 3.8) is 0 Å². The summed E-state index contributed by atoms with van der Waals surface area (Å²) in [6.45, 7) is 0.806. The summed E-state index contributed by atoms with van der Waals surface area (Å²) in [5, 5.41) is 3.47. The van der Waals surface area contributed by atoms with Crippen molar-refractivity contribution < 1.29 is 8.42 Å². The molecule has 0 spiro atoms. The first-order chi connectivity index (χ1) is 8.92. The Bertz CT molecular complexity index is 536. The summed E-state index contributed by atoms with van der Waals surface area (Å²) in [7, 11) is -1.88. The van der Waals surface area contributed by atoms with Crippen LogP contribution in [0.15, 0.2) is 17.0 Å². The Morgan fingerprint density at radius 3 is 2.58 bits per heavy atom. The number of sulfonamides is 1. The summed E-state index contributed by atoms with van der Waals surface area (Å²) < 4.78 is 26.8. The van der Waals surface area contributed by atoms with Gasteiger partial charge in [0.1, 0.15) is 4.90 Å². The van der Waals surface area contributed by atoms with Crippen LogP contribution >= 0.6 is 35.0 Å². The molecule has 1 aromatic rings. The lowest BCUT2D eigenvalue weighted by atomic mass is 10.2. The lowest BCUT2D eigenvalue weighted by Crippen LogP contribution is -2.26. The molecule has 0 unspecified atom stereocenters. The maximum absolute atomic E-state index is 12.2. The molecule has 0 saturated heterocycles. The number of rotatable bonds is 7. The molecule has 19 heavy (non-hydrogen) atoms. The molecule has 1 rings (SSSR count). The molecule has 0 radical (unpaired) electrons. The van der Waals surface area contributed by atoms with Crippen molar-refractivity contribution in [2.75, 3.05) is 25.6 Å². The Morgan fingerprint density at radius 1 is 1.32 bits per heavy atom. The number of thioether (sulfide) groups is 1. The predicted octanol–water partition coefficient (Wildman–Crippen LogP) is 2.35. The van der Waals surface area contributed by atoms with Crippen molar-refractivity contribution in [1.82, 2.24) is 10.0 Å². The molecule has 0 aromatic heterocycles. The van der Waals surface area contributed by atoms with E-state index in [1.54, 1.807) is 24.9 Å². The highest BCUT2D eigenvalue weighted by molar-refractivity contribution is 7.98. The zero-order valence-electron chi connectivity index (χ0n) is 10.7. The van der Waals surface area contributed by atoms with Gasteiger partial charge in [0, 0.05) is 23.9 Å². The SMILES string of the molecule is CNCc1cc(Cl)cc(S(=O)(=O)NCCSC)c1Cl. The molecule has 0 bridgehead atoms. The number of hydrogen-bond acceptors (Lipinski definition) is 4. The van der Waals surface area contributed by atoms with Gasteiger partial charge in [-0.05, 0) is 31.0 Å². The second kappa shape index (κ2) is 7.71.